The van der Waals surface area contributed by atoms with E-state index >= 15 is 0 Å². The van der Waals surface area contributed by atoms with Crippen molar-refractivity contribution >= 4 is 22.7 Å². The second-order valence-electron chi connectivity index (χ2n) is 5.00. The van der Waals surface area contributed by atoms with Gasteiger partial charge in [-0.3, -0.25) is 0 Å². The van der Waals surface area contributed by atoms with Gasteiger partial charge in [0.2, 0.25) is 5.95 Å². The highest BCUT2D eigenvalue weighted by molar-refractivity contribution is 5.89. The van der Waals surface area contributed by atoms with Gasteiger partial charge in [0.25, 0.3) is 0 Å². The van der Waals surface area contributed by atoms with Gasteiger partial charge in [0, 0.05) is 18.5 Å². The number of aromatic nitrogens is 2. The first-order valence-electron chi connectivity index (χ1n) is 7.11. The molecule has 0 aliphatic rings. The Labute approximate surface area is 119 Å². The van der Waals surface area contributed by atoms with E-state index in [0.29, 0.717) is 5.92 Å². The van der Waals surface area contributed by atoms with E-state index in [-0.39, 0.29) is 12.6 Å². The highest BCUT2D eigenvalue weighted by Gasteiger charge is 2.10. The number of nitrogen functional groups attached to an aromatic ring is 1. The lowest BCUT2D eigenvalue weighted by Gasteiger charge is -2.17. The third-order valence-corrected chi connectivity index (χ3v) is 3.41. The number of nitrogens with one attached hydrogen (secondary N) is 1. The molecule has 5 nitrogen and oxygen atoms in total. The molecule has 0 fully saturated rings. The van der Waals surface area contributed by atoms with Crippen molar-refractivity contribution in [3.63, 3.8) is 0 Å². The second kappa shape index (κ2) is 7.05. The van der Waals surface area contributed by atoms with Crippen molar-refractivity contribution in [1.82, 2.24) is 9.97 Å². The normalized spacial score (nSPS) is 12.5. The van der Waals surface area contributed by atoms with Crippen LogP contribution in [0.15, 0.2) is 24.3 Å². The maximum Gasteiger partial charge on any atom is 0.222 e. The number of aliphatic hydroxyl groups excluding tert-OH is 1. The molecule has 0 saturated heterocycles. The molecule has 0 radical (unpaired) electrons. The Balaban J connectivity index is 2.16. The summed E-state index contributed by atoms with van der Waals surface area (Å²) in [5.74, 6) is 1.49. The van der Waals surface area contributed by atoms with Crippen LogP contribution in [0.25, 0.3) is 10.9 Å². The van der Waals surface area contributed by atoms with Crippen LogP contribution in [0.4, 0.5) is 11.8 Å². The third-order valence-electron chi connectivity index (χ3n) is 3.41. The molecule has 1 aromatic carbocycles. The lowest BCUT2D eigenvalue weighted by Crippen LogP contribution is -2.17. The minimum atomic E-state index is 0.221. The molecule has 1 atom stereocenters. The van der Waals surface area contributed by atoms with Gasteiger partial charge in [-0.05, 0) is 30.9 Å². The number of anilines is 2. The Kier molecular flexibility index (Phi) is 5.12. The number of fused-ring (bicyclic) bond motifs is 1. The highest BCUT2D eigenvalue weighted by atomic mass is 16.3. The molecular formula is C15H22N4O. The first-order valence-corrected chi connectivity index (χ1v) is 7.11. The van der Waals surface area contributed by atoms with Crippen molar-refractivity contribution in [2.45, 2.75) is 26.2 Å². The number of nitrogens with zero attached hydrogens (tertiary/aromatic N) is 2. The van der Waals surface area contributed by atoms with Crippen molar-refractivity contribution in [3.8, 4) is 0 Å². The molecule has 0 spiro atoms. The molecule has 0 aliphatic heterocycles. The van der Waals surface area contributed by atoms with Gasteiger partial charge < -0.3 is 16.2 Å². The summed E-state index contributed by atoms with van der Waals surface area (Å²) in [6, 6.07) is 7.81. The number of aliphatic hydroxyl groups is 1. The summed E-state index contributed by atoms with van der Waals surface area (Å²) in [4.78, 5) is 8.51. The molecule has 0 bridgehead atoms. The molecule has 1 unspecified atom stereocenters. The predicted octanol–water partition coefficient (Wildman–Crippen LogP) is 2.42. The number of hydrogen-bond donors (Lipinski definition) is 3. The number of para-hydroxylation sites is 1. The van der Waals surface area contributed by atoms with Crippen LogP contribution in [0.1, 0.15) is 26.2 Å². The smallest absolute Gasteiger partial charge is 0.222 e. The van der Waals surface area contributed by atoms with Crippen molar-refractivity contribution in [2.24, 2.45) is 5.92 Å². The lowest BCUT2D eigenvalue weighted by atomic mass is 10.0. The van der Waals surface area contributed by atoms with Gasteiger partial charge in [0.1, 0.15) is 5.82 Å². The molecule has 2 aromatic rings. The van der Waals surface area contributed by atoms with Gasteiger partial charge in [0.15, 0.2) is 0 Å². The zero-order valence-corrected chi connectivity index (χ0v) is 11.8. The Morgan fingerprint density at radius 1 is 1.25 bits per heavy atom. The lowest BCUT2D eigenvalue weighted by molar-refractivity contribution is 0.255. The fourth-order valence-corrected chi connectivity index (χ4v) is 2.41. The summed E-state index contributed by atoms with van der Waals surface area (Å²) in [6.07, 6.45) is 3.00. The minimum absolute atomic E-state index is 0.221. The zero-order valence-electron chi connectivity index (χ0n) is 11.8. The van der Waals surface area contributed by atoms with E-state index in [1.54, 1.807) is 0 Å². The van der Waals surface area contributed by atoms with E-state index in [0.717, 1.165) is 42.5 Å². The number of nitrogens with two attached hydrogens (primary N) is 1. The number of benzene rings is 1. The Morgan fingerprint density at radius 3 is 2.80 bits per heavy atom. The van der Waals surface area contributed by atoms with E-state index < -0.39 is 0 Å². The zero-order chi connectivity index (χ0) is 14.4. The SMILES string of the molecule is CCCC(CCO)CNc1nc(N)nc2ccccc12. The molecule has 1 heterocycles. The van der Waals surface area contributed by atoms with E-state index in [1.165, 1.54) is 0 Å². The van der Waals surface area contributed by atoms with Gasteiger partial charge >= 0.3 is 0 Å². The molecule has 2 rings (SSSR count). The molecule has 0 amide bonds. The van der Waals surface area contributed by atoms with Gasteiger partial charge in [-0.15, -0.1) is 0 Å². The van der Waals surface area contributed by atoms with E-state index in [2.05, 4.69) is 22.2 Å². The standard InChI is InChI=1S/C15H22N4O/c1-2-5-11(8-9-20)10-17-14-12-6-3-4-7-13(12)18-15(16)19-14/h3-4,6-7,11,20H,2,5,8-10H2,1H3,(H3,16,17,18,19). The molecule has 0 aliphatic carbocycles. The van der Waals surface area contributed by atoms with Crippen LogP contribution in [0.2, 0.25) is 0 Å². The molecule has 20 heavy (non-hydrogen) atoms. The van der Waals surface area contributed by atoms with Gasteiger partial charge in [0.05, 0.1) is 5.52 Å². The average Bonchev–Trinajstić information content (AvgIpc) is 2.44. The fraction of sp³-hybridized carbons (Fsp3) is 0.467. The topological polar surface area (TPSA) is 84.1 Å². The van der Waals surface area contributed by atoms with Gasteiger partial charge in [-0.2, -0.15) is 4.98 Å². The van der Waals surface area contributed by atoms with Crippen LogP contribution >= 0.6 is 0 Å². The largest absolute Gasteiger partial charge is 0.396 e. The van der Waals surface area contributed by atoms with E-state index in [1.807, 2.05) is 24.3 Å². The first kappa shape index (κ1) is 14.5. The average molecular weight is 274 g/mol. The maximum atomic E-state index is 9.10. The molecule has 1 aromatic heterocycles. The predicted molar refractivity (Wildman–Crippen MR) is 82.5 cm³/mol. The summed E-state index contributed by atoms with van der Waals surface area (Å²) in [6.45, 7) is 3.16. The Morgan fingerprint density at radius 2 is 2.05 bits per heavy atom. The molecule has 108 valence electrons. The van der Waals surface area contributed by atoms with Crippen LogP contribution in [0.5, 0.6) is 0 Å². The fourth-order valence-electron chi connectivity index (χ4n) is 2.41. The monoisotopic (exact) mass is 274 g/mol. The Bertz CT molecular complexity index is 553. The van der Waals surface area contributed by atoms with Crippen LogP contribution in [-0.4, -0.2) is 28.2 Å². The number of hydrogen-bond acceptors (Lipinski definition) is 5. The summed E-state index contributed by atoms with van der Waals surface area (Å²) in [5, 5.41) is 13.4. The molecule has 5 heteroatoms. The van der Waals surface area contributed by atoms with Crippen LogP contribution in [-0.2, 0) is 0 Å². The minimum Gasteiger partial charge on any atom is -0.396 e. The van der Waals surface area contributed by atoms with Crippen LogP contribution < -0.4 is 11.1 Å². The molecule has 0 saturated carbocycles. The summed E-state index contributed by atoms with van der Waals surface area (Å²) >= 11 is 0. The maximum absolute atomic E-state index is 9.10. The van der Waals surface area contributed by atoms with Crippen LogP contribution in [0.3, 0.4) is 0 Å². The van der Waals surface area contributed by atoms with Crippen LogP contribution in [0, 0.1) is 5.92 Å². The summed E-state index contributed by atoms with van der Waals surface area (Å²) in [7, 11) is 0. The first-order chi connectivity index (χ1) is 9.74. The van der Waals surface area contributed by atoms with Crippen molar-refractivity contribution < 1.29 is 5.11 Å². The number of rotatable bonds is 7. The summed E-state index contributed by atoms with van der Waals surface area (Å²) < 4.78 is 0. The second-order valence-corrected chi connectivity index (χ2v) is 5.00. The molecule has 4 N–H and O–H groups in total. The van der Waals surface area contributed by atoms with Crippen molar-refractivity contribution in [3.05, 3.63) is 24.3 Å². The van der Waals surface area contributed by atoms with Gasteiger partial charge in [-0.25, -0.2) is 4.98 Å². The highest BCUT2D eigenvalue weighted by Crippen LogP contribution is 2.21. The summed E-state index contributed by atoms with van der Waals surface area (Å²) in [5.41, 5.74) is 6.59. The van der Waals surface area contributed by atoms with Crippen molar-refractivity contribution in [2.75, 3.05) is 24.2 Å². The quantitative estimate of drug-likeness (QED) is 0.722. The van der Waals surface area contributed by atoms with E-state index in [4.69, 9.17) is 10.8 Å². The molecular weight excluding hydrogens is 252 g/mol. The third kappa shape index (κ3) is 3.57. The van der Waals surface area contributed by atoms with Crippen molar-refractivity contribution in [1.29, 1.82) is 0 Å². The van der Waals surface area contributed by atoms with E-state index in [9.17, 15) is 0 Å². The Hall–Kier alpha value is -1.88. The van der Waals surface area contributed by atoms with Gasteiger partial charge in [-0.1, -0.05) is 25.5 Å².